The molecule has 1 aromatic heterocycles. The van der Waals surface area contributed by atoms with Crippen LogP contribution in [0.3, 0.4) is 0 Å². The van der Waals surface area contributed by atoms with E-state index >= 15 is 0 Å². The fraction of sp³-hybridized carbons (Fsp3) is 0.0690. The van der Waals surface area contributed by atoms with Gasteiger partial charge in [-0.3, -0.25) is 15.2 Å². The highest BCUT2D eigenvalue weighted by Gasteiger charge is 2.36. The molecule has 38 heavy (non-hydrogen) atoms. The van der Waals surface area contributed by atoms with Gasteiger partial charge in [0.1, 0.15) is 11.7 Å². The number of amides is 1. The van der Waals surface area contributed by atoms with Crippen LogP contribution in [0.5, 0.6) is 11.5 Å². The minimum Gasteiger partial charge on any atom is -0.493 e. The molecule has 6 rings (SSSR count). The molecule has 1 N–H and O–H groups in total. The lowest BCUT2D eigenvalue weighted by molar-refractivity contribution is -0.114. The van der Waals surface area contributed by atoms with Crippen LogP contribution in [0.1, 0.15) is 16.7 Å². The number of aromatic nitrogens is 1. The van der Waals surface area contributed by atoms with Gasteiger partial charge in [0.15, 0.2) is 17.3 Å². The summed E-state index contributed by atoms with van der Waals surface area (Å²) in [6.07, 6.45) is 4.97. The first-order valence-corrected chi connectivity index (χ1v) is 12.6. The Morgan fingerprint density at radius 3 is 2.74 bits per heavy atom. The van der Waals surface area contributed by atoms with E-state index in [9.17, 15) is 4.79 Å². The molecule has 1 amide bonds. The first-order chi connectivity index (χ1) is 18.6. The summed E-state index contributed by atoms with van der Waals surface area (Å²) in [5, 5.41) is 17.8. The number of thioether (sulfide) groups is 1. The van der Waals surface area contributed by atoms with Crippen molar-refractivity contribution in [1.29, 1.82) is 5.41 Å². The summed E-state index contributed by atoms with van der Waals surface area (Å²) >= 11 is 1.24. The highest BCUT2D eigenvalue weighted by Crippen LogP contribution is 2.33. The van der Waals surface area contributed by atoms with Gasteiger partial charge in [-0.1, -0.05) is 48.5 Å². The van der Waals surface area contributed by atoms with E-state index in [2.05, 4.69) is 33.3 Å². The lowest BCUT2D eigenvalue weighted by Crippen LogP contribution is -2.35. The van der Waals surface area contributed by atoms with Gasteiger partial charge in [0, 0.05) is 18.0 Å². The number of hydrogen-bond donors (Lipinski definition) is 1. The number of carbonyl (C=O) groups excluding carboxylic acids is 1. The van der Waals surface area contributed by atoms with Crippen molar-refractivity contribution >= 4 is 50.6 Å². The van der Waals surface area contributed by atoms with Crippen LogP contribution in [0.2, 0.25) is 0 Å². The number of hydrogen-bond acceptors (Lipinski definition) is 7. The van der Waals surface area contributed by atoms with Crippen molar-refractivity contribution in [3.8, 4) is 11.5 Å². The monoisotopic (exact) mass is 519 g/mol. The zero-order valence-corrected chi connectivity index (χ0v) is 21.1. The van der Waals surface area contributed by atoms with Crippen LogP contribution in [0.25, 0.3) is 16.8 Å². The van der Waals surface area contributed by atoms with E-state index in [0.717, 1.165) is 21.9 Å². The summed E-state index contributed by atoms with van der Waals surface area (Å²) in [5.41, 5.74) is 2.68. The molecule has 8 nitrogen and oxygen atoms in total. The highest BCUT2D eigenvalue weighted by atomic mass is 32.2. The lowest BCUT2D eigenvalue weighted by atomic mass is 10.1. The molecule has 4 aromatic rings. The first-order valence-electron chi connectivity index (χ1n) is 11.8. The third kappa shape index (κ3) is 4.44. The number of pyridine rings is 1. The molecule has 3 heterocycles. The van der Waals surface area contributed by atoms with E-state index < -0.39 is 5.91 Å². The Labute approximate surface area is 222 Å². The van der Waals surface area contributed by atoms with Crippen LogP contribution in [-0.4, -0.2) is 39.1 Å². The quantitative estimate of drug-likeness (QED) is 0.338. The van der Waals surface area contributed by atoms with Gasteiger partial charge in [0.2, 0.25) is 5.17 Å². The van der Waals surface area contributed by atoms with Crippen molar-refractivity contribution in [3.63, 3.8) is 0 Å². The summed E-state index contributed by atoms with van der Waals surface area (Å²) in [6, 6.07) is 23.4. The molecule has 0 bridgehead atoms. The Morgan fingerprint density at radius 1 is 1.03 bits per heavy atom. The minimum atomic E-state index is -0.494. The molecule has 9 heteroatoms. The summed E-state index contributed by atoms with van der Waals surface area (Å²) in [7, 11) is 1.57. The van der Waals surface area contributed by atoms with Gasteiger partial charge in [-0.05, 0) is 64.0 Å². The molecule has 0 unspecified atom stereocenters. The van der Waals surface area contributed by atoms with Gasteiger partial charge in [-0.15, -0.1) is 0 Å². The molecule has 186 valence electrons. The van der Waals surface area contributed by atoms with Crippen molar-refractivity contribution in [1.82, 2.24) is 9.99 Å². The smallest absolute Gasteiger partial charge is 0.283 e. The Bertz CT molecular complexity index is 1680. The summed E-state index contributed by atoms with van der Waals surface area (Å²) in [6.45, 7) is 0.378. The lowest BCUT2D eigenvalue weighted by Gasteiger charge is -2.20. The summed E-state index contributed by atoms with van der Waals surface area (Å²) < 4.78 is 11.7. The molecule has 0 atom stereocenters. The number of amidine groups is 2. The zero-order valence-electron chi connectivity index (χ0n) is 20.3. The van der Waals surface area contributed by atoms with Crippen molar-refractivity contribution in [3.05, 3.63) is 107 Å². The van der Waals surface area contributed by atoms with Crippen molar-refractivity contribution in [2.24, 2.45) is 10.1 Å². The Balaban J connectivity index is 1.24. The molecule has 2 aliphatic heterocycles. The second kappa shape index (κ2) is 9.95. The topological polar surface area (TPSA) is 100 Å². The molecule has 0 radical (unpaired) electrons. The van der Waals surface area contributed by atoms with Crippen molar-refractivity contribution in [2.45, 2.75) is 6.61 Å². The Kier molecular flexibility index (Phi) is 6.19. The minimum absolute atomic E-state index is 0.0401. The third-order valence-electron chi connectivity index (χ3n) is 6.12. The average Bonchev–Trinajstić information content (AvgIpc) is 3.39. The fourth-order valence-corrected chi connectivity index (χ4v) is 5.11. The number of ether oxygens (including phenoxy) is 2. The molecule has 0 spiro atoms. The van der Waals surface area contributed by atoms with Crippen LogP contribution in [0.4, 0.5) is 0 Å². The third-order valence-corrected chi connectivity index (χ3v) is 7.08. The average molecular weight is 520 g/mol. The summed E-state index contributed by atoms with van der Waals surface area (Å²) in [4.78, 5) is 21.1. The maximum Gasteiger partial charge on any atom is 0.283 e. The molecule has 0 saturated carbocycles. The largest absolute Gasteiger partial charge is 0.493 e. The van der Waals surface area contributed by atoms with Gasteiger partial charge in [-0.2, -0.15) is 15.1 Å². The van der Waals surface area contributed by atoms with Gasteiger partial charge < -0.3 is 9.47 Å². The maximum atomic E-state index is 12.8. The van der Waals surface area contributed by atoms with E-state index in [-0.39, 0.29) is 11.4 Å². The molecule has 3 aromatic carbocycles. The molecule has 0 saturated heterocycles. The highest BCUT2D eigenvalue weighted by molar-refractivity contribution is 8.27. The SMILES string of the molecule is COc1cc(/C=C2/C(=N)N3N=C(c4cccnc4)SC3=NC2=O)ccc1OCc1cccc2ccccc12. The first kappa shape index (κ1) is 23.6. The van der Waals surface area contributed by atoms with Crippen LogP contribution in [0, 0.1) is 5.41 Å². The Morgan fingerprint density at radius 2 is 1.89 bits per heavy atom. The van der Waals surface area contributed by atoms with E-state index in [1.807, 2.05) is 42.5 Å². The molecule has 0 fully saturated rings. The number of carbonyl (C=O) groups is 1. The van der Waals surface area contributed by atoms with E-state index in [1.54, 1.807) is 37.7 Å². The summed E-state index contributed by atoms with van der Waals surface area (Å²) in [5.74, 6) is 0.565. The zero-order chi connectivity index (χ0) is 26.1. The second-order valence-electron chi connectivity index (χ2n) is 8.50. The van der Waals surface area contributed by atoms with E-state index in [4.69, 9.17) is 14.9 Å². The van der Waals surface area contributed by atoms with E-state index in [1.165, 1.54) is 16.8 Å². The molecule has 0 aliphatic carbocycles. The number of rotatable bonds is 6. The Hall–Kier alpha value is -4.76. The molecular formula is C29H21N5O3S. The van der Waals surface area contributed by atoms with Crippen LogP contribution in [-0.2, 0) is 11.4 Å². The number of nitrogens with one attached hydrogen (secondary N) is 1. The maximum absolute atomic E-state index is 12.8. The molecular weight excluding hydrogens is 498 g/mol. The fourth-order valence-electron chi connectivity index (χ4n) is 4.23. The van der Waals surface area contributed by atoms with Gasteiger partial charge >= 0.3 is 0 Å². The van der Waals surface area contributed by atoms with E-state index in [0.29, 0.717) is 33.9 Å². The number of benzene rings is 3. The second-order valence-corrected chi connectivity index (χ2v) is 9.46. The number of nitrogens with zero attached hydrogens (tertiary/aromatic N) is 4. The van der Waals surface area contributed by atoms with Crippen molar-refractivity contribution in [2.75, 3.05) is 7.11 Å². The number of methoxy groups -OCH3 is 1. The van der Waals surface area contributed by atoms with Gasteiger partial charge in [-0.25, -0.2) is 0 Å². The van der Waals surface area contributed by atoms with Crippen LogP contribution < -0.4 is 9.47 Å². The van der Waals surface area contributed by atoms with Crippen LogP contribution >= 0.6 is 11.8 Å². The standard InChI is InChI=1S/C29H21N5O3S/c1-36-25-15-18(11-12-24(25)37-17-21-8-4-7-19-6-2-3-10-22(19)21)14-23-26(30)34-29(32-27(23)35)38-28(33-34)20-9-5-13-31-16-20/h2-16,30H,17H2,1H3/b23-14-,30-26?. The number of hydrazone groups is 1. The van der Waals surface area contributed by atoms with Gasteiger partial charge in [0.25, 0.3) is 5.91 Å². The normalized spacial score (nSPS) is 15.9. The number of fused-ring (bicyclic) bond motifs is 2. The van der Waals surface area contributed by atoms with Crippen molar-refractivity contribution < 1.29 is 14.3 Å². The van der Waals surface area contributed by atoms with Gasteiger partial charge in [0.05, 0.1) is 12.7 Å². The number of aliphatic imine (C=N–C) groups is 1. The molecule has 2 aliphatic rings. The predicted octanol–water partition coefficient (Wildman–Crippen LogP) is 5.49. The predicted molar refractivity (Wildman–Crippen MR) is 150 cm³/mol. The van der Waals surface area contributed by atoms with Crippen LogP contribution in [0.15, 0.2) is 101 Å².